The molecule has 0 radical (unpaired) electrons. The molecule has 2 amide bonds. The third-order valence-electron chi connectivity index (χ3n) is 8.29. The van der Waals surface area contributed by atoms with Crippen LogP contribution >= 0.6 is 11.8 Å². The first-order valence-corrected chi connectivity index (χ1v) is 17.1. The van der Waals surface area contributed by atoms with E-state index < -0.39 is 24.3 Å². The first-order chi connectivity index (χ1) is 23.8. The average Bonchev–Trinajstić information content (AvgIpc) is 3.13. The van der Waals surface area contributed by atoms with E-state index in [1.54, 1.807) is 19.1 Å². The number of rotatable bonds is 13. The van der Waals surface area contributed by atoms with Crippen molar-refractivity contribution in [3.8, 4) is 11.1 Å². The maximum absolute atomic E-state index is 12.3. The number of hydrogen-bond acceptors (Lipinski definition) is 8. The molecule has 1 saturated heterocycles. The number of aliphatic hydroxyl groups excluding tert-OH is 1. The van der Waals surface area contributed by atoms with E-state index in [2.05, 4.69) is 17.6 Å². The first kappa shape index (κ1) is 35.6. The van der Waals surface area contributed by atoms with Gasteiger partial charge in [0.05, 0.1) is 31.0 Å². The van der Waals surface area contributed by atoms with Gasteiger partial charge in [0.25, 0.3) is 0 Å². The Balaban J connectivity index is 1.33. The van der Waals surface area contributed by atoms with Crippen molar-refractivity contribution < 1.29 is 38.8 Å². The zero-order valence-electron chi connectivity index (χ0n) is 27.3. The Morgan fingerprint density at radius 3 is 2.27 bits per heavy atom. The first-order valence-electron chi connectivity index (χ1n) is 16.1. The molecule has 1 aliphatic heterocycles. The van der Waals surface area contributed by atoms with Gasteiger partial charge in [-0.25, -0.2) is 9.59 Å². The second-order valence-electron chi connectivity index (χ2n) is 11.6. The number of thioether (sulfide) groups is 1. The lowest BCUT2D eigenvalue weighted by Crippen LogP contribution is -2.38. The average molecular weight is 685 g/mol. The fourth-order valence-corrected chi connectivity index (χ4v) is 6.84. The summed E-state index contributed by atoms with van der Waals surface area (Å²) >= 11 is 1.45. The minimum absolute atomic E-state index is 0.0520. The van der Waals surface area contributed by atoms with Crippen molar-refractivity contribution in [1.29, 1.82) is 0 Å². The van der Waals surface area contributed by atoms with Crippen molar-refractivity contribution in [3.63, 3.8) is 0 Å². The van der Waals surface area contributed by atoms with Gasteiger partial charge in [-0.15, -0.1) is 11.8 Å². The SMILES string of the molecule is CCOC(=O)CNC(=O)NCc1ccccc1-c1ccc(C2OC(CSc3ccccc3C(=O)O)C(C)C(c3ccc(CO)cc3)O2)cc1. The number of carbonyl (C=O) groups is 3. The van der Waals surface area contributed by atoms with Gasteiger partial charge in [-0.3, -0.25) is 4.79 Å². The molecule has 0 aromatic heterocycles. The van der Waals surface area contributed by atoms with Crippen molar-refractivity contribution in [3.05, 3.63) is 125 Å². The van der Waals surface area contributed by atoms with Crippen LogP contribution in [0, 0.1) is 5.92 Å². The lowest BCUT2D eigenvalue weighted by atomic mass is 9.91. The predicted octanol–water partition coefficient (Wildman–Crippen LogP) is 6.49. The van der Waals surface area contributed by atoms with E-state index in [0.717, 1.165) is 33.4 Å². The number of urea groups is 1. The number of esters is 1. The highest BCUT2D eigenvalue weighted by Gasteiger charge is 2.38. The molecule has 4 aromatic rings. The second-order valence-corrected chi connectivity index (χ2v) is 12.6. The van der Waals surface area contributed by atoms with Gasteiger partial charge in [0.15, 0.2) is 6.29 Å². The number of hydrogen-bond donors (Lipinski definition) is 4. The molecule has 0 aliphatic carbocycles. The molecular formula is C38H40N2O8S. The summed E-state index contributed by atoms with van der Waals surface area (Å²) in [4.78, 5) is 36.3. The molecule has 4 unspecified atom stereocenters. The van der Waals surface area contributed by atoms with Gasteiger partial charge in [0.1, 0.15) is 6.54 Å². The molecule has 1 aliphatic rings. The maximum atomic E-state index is 12.3. The third kappa shape index (κ3) is 9.27. The second kappa shape index (κ2) is 17.1. The van der Waals surface area contributed by atoms with Crippen LogP contribution < -0.4 is 10.6 Å². The molecule has 4 N–H and O–H groups in total. The summed E-state index contributed by atoms with van der Waals surface area (Å²) in [5, 5.41) is 24.6. The van der Waals surface area contributed by atoms with Crippen LogP contribution in [0.1, 0.15) is 58.9 Å². The van der Waals surface area contributed by atoms with Crippen LogP contribution in [0.25, 0.3) is 11.1 Å². The summed E-state index contributed by atoms with van der Waals surface area (Å²) in [5.74, 6) is -1.02. The molecule has 11 heteroatoms. The van der Waals surface area contributed by atoms with E-state index in [4.69, 9.17) is 14.2 Å². The van der Waals surface area contributed by atoms with E-state index in [1.165, 1.54) is 11.8 Å². The monoisotopic (exact) mass is 684 g/mol. The van der Waals surface area contributed by atoms with Gasteiger partial charge < -0.3 is 35.1 Å². The fourth-order valence-electron chi connectivity index (χ4n) is 5.63. The van der Waals surface area contributed by atoms with E-state index in [0.29, 0.717) is 10.6 Å². The molecule has 1 fully saturated rings. The maximum Gasteiger partial charge on any atom is 0.336 e. The third-order valence-corrected chi connectivity index (χ3v) is 9.46. The Labute approximate surface area is 289 Å². The highest BCUT2D eigenvalue weighted by molar-refractivity contribution is 7.99. The van der Waals surface area contributed by atoms with Crippen molar-refractivity contribution in [2.24, 2.45) is 5.92 Å². The zero-order chi connectivity index (χ0) is 34.8. The number of carboxylic acids is 1. The molecule has 0 bridgehead atoms. The standard InChI is InChI=1S/C38H40N2O8S/c1-3-46-34(42)21-40-38(45)39-20-29-8-4-5-9-30(29)26-16-18-28(19-17-26)37-47-32(23-49-33-11-7-6-10-31(33)36(43)44)24(2)35(48-37)27-14-12-25(22-41)13-15-27/h4-19,24,32,35,37,41H,3,20-23H2,1-2H3,(H,43,44)(H2,39,40,45). The summed E-state index contributed by atoms with van der Waals surface area (Å²) in [6.07, 6.45) is -1.27. The Bertz CT molecular complexity index is 1730. The summed E-state index contributed by atoms with van der Waals surface area (Å²) in [6, 6.07) is 29.8. The largest absolute Gasteiger partial charge is 0.478 e. The smallest absolute Gasteiger partial charge is 0.336 e. The molecular weight excluding hydrogens is 644 g/mol. The van der Waals surface area contributed by atoms with Gasteiger partial charge in [-0.05, 0) is 46.9 Å². The van der Waals surface area contributed by atoms with Crippen LogP contribution in [0.4, 0.5) is 4.79 Å². The number of ether oxygens (including phenoxy) is 3. The van der Waals surface area contributed by atoms with E-state index in [-0.39, 0.29) is 50.0 Å². The molecule has 4 aromatic carbocycles. The Kier molecular flexibility index (Phi) is 12.4. The fraction of sp³-hybridized carbons (Fsp3) is 0.289. The normalized spacial score (nSPS) is 18.8. The van der Waals surface area contributed by atoms with Crippen molar-refractivity contribution in [2.45, 2.75) is 50.4 Å². The zero-order valence-corrected chi connectivity index (χ0v) is 28.2. The van der Waals surface area contributed by atoms with Crippen LogP contribution in [0.2, 0.25) is 0 Å². The predicted molar refractivity (Wildman–Crippen MR) is 186 cm³/mol. The summed E-state index contributed by atoms with van der Waals surface area (Å²) < 4.78 is 18.0. The number of carbonyl (C=O) groups excluding carboxylic acids is 2. The van der Waals surface area contributed by atoms with Gasteiger partial charge in [0, 0.05) is 28.7 Å². The molecule has 256 valence electrons. The van der Waals surface area contributed by atoms with Gasteiger partial charge >= 0.3 is 18.0 Å². The van der Waals surface area contributed by atoms with Crippen LogP contribution in [0.3, 0.4) is 0 Å². The Hall–Kier alpha value is -4.68. The number of amides is 2. The number of carboxylic acid groups (broad SMARTS) is 1. The van der Waals surface area contributed by atoms with Crippen molar-refractivity contribution in [1.82, 2.24) is 10.6 Å². The van der Waals surface area contributed by atoms with Crippen LogP contribution in [-0.2, 0) is 32.2 Å². The highest BCUT2D eigenvalue weighted by Crippen LogP contribution is 2.43. The van der Waals surface area contributed by atoms with Crippen LogP contribution in [-0.4, -0.2) is 53.2 Å². The number of aromatic carboxylic acids is 1. The molecule has 5 rings (SSSR count). The molecule has 1 heterocycles. The highest BCUT2D eigenvalue weighted by atomic mass is 32.2. The number of benzene rings is 4. The van der Waals surface area contributed by atoms with E-state index in [9.17, 15) is 24.6 Å². The van der Waals surface area contributed by atoms with Crippen molar-refractivity contribution in [2.75, 3.05) is 18.9 Å². The van der Waals surface area contributed by atoms with Gasteiger partial charge in [0.2, 0.25) is 0 Å². The Morgan fingerprint density at radius 2 is 1.55 bits per heavy atom. The summed E-state index contributed by atoms with van der Waals surface area (Å²) in [5.41, 5.74) is 5.61. The topological polar surface area (TPSA) is 143 Å². The van der Waals surface area contributed by atoms with Crippen LogP contribution in [0.5, 0.6) is 0 Å². The van der Waals surface area contributed by atoms with Crippen LogP contribution in [0.15, 0.2) is 102 Å². The number of nitrogens with one attached hydrogen (secondary N) is 2. The van der Waals surface area contributed by atoms with E-state index in [1.807, 2.05) is 84.9 Å². The van der Waals surface area contributed by atoms with Crippen molar-refractivity contribution >= 4 is 29.7 Å². The summed E-state index contributed by atoms with van der Waals surface area (Å²) in [6.45, 7) is 4.01. The lowest BCUT2D eigenvalue weighted by molar-refractivity contribution is -0.268. The number of aliphatic hydroxyl groups is 1. The molecule has 10 nitrogen and oxygen atoms in total. The summed E-state index contributed by atoms with van der Waals surface area (Å²) in [7, 11) is 0. The minimum Gasteiger partial charge on any atom is -0.478 e. The molecule has 49 heavy (non-hydrogen) atoms. The van der Waals surface area contributed by atoms with Gasteiger partial charge in [-0.2, -0.15) is 0 Å². The lowest BCUT2D eigenvalue weighted by Gasteiger charge is -2.41. The molecule has 4 atom stereocenters. The Morgan fingerprint density at radius 1 is 0.857 bits per heavy atom. The quantitative estimate of drug-likeness (QED) is 0.0918. The van der Waals surface area contributed by atoms with E-state index >= 15 is 0 Å². The molecule has 0 saturated carbocycles. The molecule has 0 spiro atoms. The van der Waals surface area contributed by atoms with Gasteiger partial charge in [-0.1, -0.05) is 91.9 Å². The minimum atomic E-state index is -0.974.